The fourth-order valence-corrected chi connectivity index (χ4v) is 3.48. The quantitative estimate of drug-likeness (QED) is 0.430. The zero-order valence-electron chi connectivity index (χ0n) is 13.5. The number of nitrogens with one attached hydrogen (secondary N) is 2. The smallest absolute Gasteiger partial charge is 0.191 e. The molecular weight excluding hydrogens is 423 g/mol. The predicted molar refractivity (Wildman–Crippen MR) is 104 cm³/mol. The second-order valence-corrected chi connectivity index (χ2v) is 6.45. The van der Waals surface area contributed by atoms with E-state index in [1.54, 1.807) is 18.4 Å². The summed E-state index contributed by atoms with van der Waals surface area (Å²) in [4.78, 5) is 5.61. The third-order valence-corrected chi connectivity index (χ3v) is 4.98. The number of thiophene rings is 1. The second kappa shape index (κ2) is 8.62. The van der Waals surface area contributed by atoms with Crippen LogP contribution < -0.4 is 10.6 Å². The molecule has 2 N–H and O–H groups in total. The van der Waals surface area contributed by atoms with Gasteiger partial charge in [0.05, 0.1) is 13.1 Å². The molecule has 2 aromatic rings. The molecule has 1 aliphatic rings. The molecule has 0 aromatic carbocycles. The van der Waals surface area contributed by atoms with Crippen molar-refractivity contribution in [2.24, 2.45) is 4.99 Å². The second-order valence-electron chi connectivity index (χ2n) is 5.45. The maximum Gasteiger partial charge on any atom is 0.191 e. The van der Waals surface area contributed by atoms with E-state index in [9.17, 15) is 0 Å². The summed E-state index contributed by atoms with van der Waals surface area (Å²) in [6.45, 7) is 4.60. The van der Waals surface area contributed by atoms with Gasteiger partial charge in [0, 0.05) is 24.9 Å². The molecular formula is C15H23IN6S. The van der Waals surface area contributed by atoms with Crippen LogP contribution in [0.1, 0.15) is 34.9 Å². The number of guanidine groups is 1. The molecule has 0 amide bonds. The molecule has 23 heavy (non-hydrogen) atoms. The van der Waals surface area contributed by atoms with E-state index in [4.69, 9.17) is 0 Å². The van der Waals surface area contributed by atoms with Crippen LogP contribution >= 0.6 is 35.3 Å². The van der Waals surface area contributed by atoms with Crippen LogP contribution in [0.5, 0.6) is 0 Å². The van der Waals surface area contributed by atoms with E-state index in [2.05, 4.69) is 48.8 Å². The van der Waals surface area contributed by atoms with Crippen LogP contribution in [-0.4, -0.2) is 27.8 Å². The van der Waals surface area contributed by atoms with Gasteiger partial charge in [-0.25, -0.2) is 0 Å². The Morgan fingerprint density at radius 3 is 2.87 bits per heavy atom. The van der Waals surface area contributed by atoms with Crippen molar-refractivity contribution in [3.05, 3.63) is 33.5 Å². The Morgan fingerprint density at radius 2 is 2.13 bits per heavy atom. The highest BCUT2D eigenvalue weighted by atomic mass is 127. The number of hydrogen-bond donors (Lipinski definition) is 2. The molecule has 0 aliphatic carbocycles. The first-order valence-corrected chi connectivity index (χ1v) is 8.54. The first-order chi connectivity index (χ1) is 10.8. The number of aryl methyl sites for hydroxylation is 2. The number of fused-ring (bicyclic) bond motifs is 1. The maximum absolute atomic E-state index is 4.30. The van der Waals surface area contributed by atoms with Crippen LogP contribution in [0.15, 0.2) is 16.4 Å². The largest absolute Gasteiger partial charge is 0.352 e. The van der Waals surface area contributed by atoms with Crippen LogP contribution in [0.3, 0.4) is 0 Å². The number of hydrogen-bond acceptors (Lipinski definition) is 4. The van der Waals surface area contributed by atoms with Crippen LogP contribution in [-0.2, 0) is 26.1 Å². The fourth-order valence-electron chi connectivity index (χ4n) is 2.63. The SMILES string of the molecule is CN=C(NCc1sccc1C)NCc1nnc2n1CCCC2.I. The minimum Gasteiger partial charge on any atom is -0.352 e. The highest BCUT2D eigenvalue weighted by Crippen LogP contribution is 2.15. The van der Waals surface area contributed by atoms with Gasteiger partial charge < -0.3 is 15.2 Å². The summed E-state index contributed by atoms with van der Waals surface area (Å²) < 4.78 is 2.23. The average molecular weight is 446 g/mol. The van der Waals surface area contributed by atoms with Crippen molar-refractivity contribution in [2.45, 2.75) is 45.8 Å². The monoisotopic (exact) mass is 446 g/mol. The van der Waals surface area contributed by atoms with Gasteiger partial charge in [-0.05, 0) is 36.8 Å². The van der Waals surface area contributed by atoms with Crippen LogP contribution in [0, 0.1) is 6.92 Å². The van der Waals surface area contributed by atoms with Gasteiger partial charge in [0.1, 0.15) is 5.82 Å². The molecule has 3 rings (SSSR count). The van der Waals surface area contributed by atoms with E-state index in [-0.39, 0.29) is 24.0 Å². The van der Waals surface area contributed by atoms with Crippen molar-refractivity contribution in [1.82, 2.24) is 25.4 Å². The topological polar surface area (TPSA) is 67.1 Å². The lowest BCUT2D eigenvalue weighted by Crippen LogP contribution is -2.37. The lowest BCUT2D eigenvalue weighted by atomic mass is 10.2. The molecule has 2 aromatic heterocycles. The molecule has 1 aliphatic heterocycles. The van der Waals surface area contributed by atoms with Crippen molar-refractivity contribution in [3.8, 4) is 0 Å². The molecule has 0 bridgehead atoms. The van der Waals surface area contributed by atoms with Crippen LogP contribution in [0.2, 0.25) is 0 Å². The average Bonchev–Trinajstić information content (AvgIpc) is 3.14. The van der Waals surface area contributed by atoms with Crippen molar-refractivity contribution < 1.29 is 0 Å². The van der Waals surface area contributed by atoms with Gasteiger partial charge in [-0.2, -0.15) is 0 Å². The van der Waals surface area contributed by atoms with E-state index in [1.807, 2.05) is 0 Å². The number of nitrogens with zero attached hydrogens (tertiary/aromatic N) is 4. The summed E-state index contributed by atoms with van der Waals surface area (Å²) in [6, 6.07) is 2.14. The minimum atomic E-state index is 0. The third kappa shape index (κ3) is 4.43. The molecule has 6 nitrogen and oxygen atoms in total. The van der Waals surface area contributed by atoms with Gasteiger partial charge in [0.2, 0.25) is 0 Å². The molecule has 0 fully saturated rings. The van der Waals surface area contributed by atoms with Gasteiger partial charge in [-0.3, -0.25) is 4.99 Å². The van der Waals surface area contributed by atoms with E-state index in [0.29, 0.717) is 6.54 Å². The lowest BCUT2D eigenvalue weighted by molar-refractivity contribution is 0.504. The van der Waals surface area contributed by atoms with Crippen molar-refractivity contribution in [2.75, 3.05) is 7.05 Å². The number of aliphatic imine (C=N–C) groups is 1. The normalized spacial score (nSPS) is 14.1. The Kier molecular flexibility index (Phi) is 6.82. The third-order valence-electron chi connectivity index (χ3n) is 3.96. The highest BCUT2D eigenvalue weighted by molar-refractivity contribution is 14.0. The molecule has 0 unspecified atom stereocenters. The van der Waals surface area contributed by atoms with Gasteiger partial charge in [-0.15, -0.1) is 45.5 Å². The van der Waals surface area contributed by atoms with Crippen molar-refractivity contribution in [1.29, 1.82) is 0 Å². The number of rotatable bonds is 4. The summed E-state index contributed by atoms with van der Waals surface area (Å²) in [5.74, 6) is 2.89. The van der Waals surface area contributed by atoms with Crippen molar-refractivity contribution in [3.63, 3.8) is 0 Å². The Hall–Kier alpha value is -1.16. The summed E-state index contributed by atoms with van der Waals surface area (Å²) >= 11 is 1.76. The minimum absolute atomic E-state index is 0. The van der Waals surface area contributed by atoms with Crippen LogP contribution in [0.25, 0.3) is 0 Å². The Bertz CT molecular complexity index is 663. The van der Waals surface area contributed by atoms with E-state index >= 15 is 0 Å². The van der Waals surface area contributed by atoms with Crippen molar-refractivity contribution >= 4 is 41.3 Å². The molecule has 0 atom stereocenters. The molecule has 8 heteroatoms. The molecule has 0 saturated heterocycles. The van der Waals surface area contributed by atoms with E-state index < -0.39 is 0 Å². The Morgan fingerprint density at radius 1 is 1.30 bits per heavy atom. The molecule has 0 spiro atoms. The maximum atomic E-state index is 4.30. The summed E-state index contributed by atoms with van der Waals surface area (Å²) in [7, 11) is 1.79. The van der Waals surface area contributed by atoms with Gasteiger partial charge in [-0.1, -0.05) is 0 Å². The van der Waals surface area contributed by atoms with Gasteiger partial charge in [0.15, 0.2) is 11.8 Å². The van der Waals surface area contributed by atoms with E-state index in [0.717, 1.165) is 37.1 Å². The van der Waals surface area contributed by atoms with E-state index in [1.165, 1.54) is 23.3 Å². The Labute approximate surface area is 157 Å². The molecule has 0 radical (unpaired) electrons. The standard InChI is InChI=1S/C15H22N6S.HI/c1-11-6-8-22-12(11)9-17-15(16-2)18-10-14-20-19-13-5-3-4-7-21(13)14;/h6,8H,3-5,7,9-10H2,1-2H3,(H2,16,17,18);1H. The predicted octanol–water partition coefficient (Wildman–Crippen LogP) is 2.47. The lowest BCUT2D eigenvalue weighted by Gasteiger charge is -2.16. The molecule has 0 saturated carbocycles. The first-order valence-electron chi connectivity index (χ1n) is 7.66. The Balaban J connectivity index is 0.00000192. The number of halogens is 1. The highest BCUT2D eigenvalue weighted by Gasteiger charge is 2.15. The first kappa shape index (κ1) is 18.2. The van der Waals surface area contributed by atoms with Gasteiger partial charge >= 0.3 is 0 Å². The fraction of sp³-hybridized carbons (Fsp3) is 0.533. The molecule has 126 valence electrons. The summed E-state index contributed by atoms with van der Waals surface area (Å²) in [5, 5.41) is 17.4. The summed E-state index contributed by atoms with van der Waals surface area (Å²) in [5.41, 5.74) is 1.32. The summed E-state index contributed by atoms with van der Waals surface area (Å²) in [6.07, 6.45) is 3.47. The zero-order chi connectivity index (χ0) is 15.4. The number of aromatic nitrogens is 3. The van der Waals surface area contributed by atoms with Gasteiger partial charge in [0.25, 0.3) is 0 Å². The van der Waals surface area contributed by atoms with Crippen LogP contribution in [0.4, 0.5) is 0 Å². The zero-order valence-corrected chi connectivity index (χ0v) is 16.6. The molecule has 3 heterocycles.